The van der Waals surface area contributed by atoms with Crippen LogP contribution in [0.3, 0.4) is 0 Å². The highest BCUT2D eigenvalue weighted by atomic mass is 32.2. The van der Waals surface area contributed by atoms with Gasteiger partial charge in [0.05, 0.1) is 15.1 Å². The zero-order valence-electron chi connectivity index (χ0n) is 16.6. The number of anilines is 3. The standard InChI is InChI=1S/C22H20N4O3S2/c1-2-15-8-10-16(11-9-15)23-21(27)24-17-12-13-20-19(14-17)25-22(30-20)26-31(28,29)18-6-4-3-5-7-18/h3-14H,2H2,1H3,(H,25,26)(H2,23,24,27). The van der Waals surface area contributed by atoms with Crippen LogP contribution in [0.4, 0.5) is 21.3 Å². The van der Waals surface area contributed by atoms with Crippen LogP contribution in [-0.4, -0.2) is 19.4 Å². The number of urea groups is 1. The van der Waals surface area contributed by atoms with Gasteiger partial charge in [0.25, 0.3) is 10.0 Å². The van der Waals surface area contributed by atoms with Crippen molar-refractivity contribution >= 4 is 54.1 Å². The number of thiazole rings is 1. The molecule has 0 saturated heterocycles. The molecule has 0 unspecified atom stereocenters. The minimum absolute atomic E-state index is 0.167. The summed E-state index contributed by atoms with van der Waals surface area (Å²) in [5.74, 6) is 0. The molecule has 1 heterocycles. The Bertz CT molecular complexity index is 1320. The Morgan fingerprint density at radius 1 is 0.935 bits per heavy atom. The van der Waals surface area contributed by atoms with E-state index in [0.29, 0.717) is 16.9 Å². The second-order valence-electron chi connectivity index (χ2n) is 6.75. The third-order valence-electron chi connectivity index (χ3n) is 4.54. The van der Waals surface area contributed by atoms with Gasteiger partial charge in [-0.05, 0) is 54.4 Å². The van der Waals surface area contributed by atoms with Crippen molar-refractivity contribution in [2.45, 2.75) is 18.2 Å². The van der Waals surface area contributed by atoms with Crippen LogP contribution in [-0.2, 0) is 16.4 Å². The lowest BCUT2D eigenvalue weighted by Crippen LogP contribution is -2.19. The average molecular weight is 453 g/mol. The number of carbonyl (C=O) groups excluding carboxylic acids is 1. The molecule has 3 aromatic carbocycles. The summed E-state index contributed by atoms with van der Waals surface area (Å²) in [5.41, 5.74) is 3.03. The minimum Gasteiger partial charge on any atom is -0.308 e. The Kier molecular flexibility index (Phi) is 5.88. The average Bonchev–Trinajstić information content (AvgIpc) is 3.15. The maximum Gasteiger partial charge on any atom is 0.323 e. The molecule has 0 aliphatic carbocycles. The number of aromatic nitrogens is 1. The van der Waals surface area contributed by atoms with Crippen molar-refractivity contribution in [2.24, 2.45) is 0 Å². The van der Waals surface area contributed by atoms with Crippen LogP contribution in [0, 0.1) is 0 Å². The van der Waals surface area contributed by atoms with Gasteiger partial charge in [-0.1, -0.05) is 48.6 Å². The van der Waals surface area contributed by atoms with E-state index in [1.165, 1.54) is 29.0 Å². The predicted octanol–water partition coefficient (Wildman–Crippen LogP) is 5.30. The molecule has 9 heteroatoms. The number of nitrogens with zero attached hydrogens (tertiary/aromatic N) is 1. The van der Waals surface area contributed by atoms with Gasteiger partial charge in [0.2, 0.25) is 0 Å². The summed E-state index contributed by atoms with van der Waals surface area (Å²) in [6.07, 6.45) is 0.934. The number of rotatable bonds is 6. The van der Waals surface area contributed by atoms with E-state index >= 15 is 0 Å². The van der Waals surface area contributed by atoms with Crippen LogP contribution >= 0.6 is 11.3 Å². The molecule has 158 valence electrons. The van der Waals surface area contributed by atoms with Crippen LogP contribution in [0.25, 0.3) is 10.2 Å². The summed E-state index contributed by atoms with van der Waals surface area (Å²) in [6.45, 7) is 2.07. The Morgan fingerprint density at radius 2 is 1.61 bits per heavy atom. The minimum atomic E-state index is -3.71. The fourth-order valence-corrected chi connectivity index (χ4v) is 5.04. The molecule has 4 rings (SSSR count). The number of aryl methyl sites for hydroxylation is 1. The third-order valence-corrected chi connectivity index (χ3v) is 6.98. The highest BCUT2D eigenvalue weighted by molar-refractivity contribution is 7.93. The first kappa shape index (κ1) is 20.8. The summed E-state index contributed by atoms with van der Waals surface area (Å²) in [5, 5.41) is 5.82. The van der Waals surface area contributed by atoms with Gasteiger partial charge in [0.1, 0.15) is 0 Å². The summed E-state index contributed by atoms with van der Waals surface area (Å²) >= 11 is 1.22. The molecule has 0 aliphatic rings. The van der Waals surface area contributed by atoms with Crippen LogP contribution in [0.15, 0.2) is 77.7 Å². The maximum atomic E-state index is 12.5. The molecule has 7 nitrogen and oxygen atoms in total. The number of hydrogen-bond donors (Lipinski definition) is 3. The van der Waals surface area contributed by atoms with E-state index in [-0.39, 0.29) is 16.1 Å². The van der Waals surface area contributed by atoms with Gasteiger partial charge in [-0.3, -0.25) is 4.72 Å². The topological polar surface area (TPSA) is 100 Å². The van der Waals surface area contributed by atoms with Crippen LogP contribution in [0.2, 0.25) is 0 Å². The van der Waals surface area contributed by atoms with Crippen LogP contribution in [0.1, 0.15) is 12.5 Å². The Balaban J connectivity index is 1.46. The molecular weight excluding hydrogens is 432 g/mol. The van der Waals surface area contributed by atoms with Gasteiger partial charge in [-0.25, -0.2) is 18.2 Å². The van der Waals surface area contributed by atoms with Crippen molar-refractivity contribution in [1.29, 1.82) is 0 Å². The van der Waals surface area contributed by atoms with Crippen molar-refractivity contribution in [3.63, 3.8) is 0 Å². The molecule has 0 fully saturated rings. The van der Waals surface area contributed by atoms with Crippen molar-refractivity contribution in [1.82, 2.24) is 4.98 Å². The lowest BCUT2D eigenvalue weighted by molar-refractivity contribution is 0.262. The molecule has 2 amide bonds. The second-order valence-corrected chi connectivity index (χ2v) is 9.46. The summed E-state index contributed by atoms with van der Waals surface area (Å²) in [7, 11) is -3.71. The van der Waals surface area contributed by atoms with E-state index in [1.54, 1.807) is 36.4 Å². The first-order valence-electron chi connectivity index (χ1n) is 9.58. The van der Waals surface area contributed by atoms with E-state index < -0.39 is 10.0 Å². The SMILES string of the molecule is CCc1ccc(NC(=O)Nc2ccc3sc(NS(=O)(=O)c4ccccc4)nc3c2)cc1. The first-order valence-corrected chi connectivity index (χ1v) is 11.9. The molecule has 0 bridgehead atoms. The highest BCUT2D eigenvalue weighted by Crippen LogP contribution is 2.29. The van der Waals surface area contributed by atoms with Crippen molar-refractivity contribution in [2.75, 3.05) is 15.4 Å². The van der Waals surface area contributed by atoms with E-state index in [9.17, 15) is 13.2 Å². The number of hydrogen-bond acceptors (Lipinski definition) is 5. The van der Waals surface area contributed by atoms with Crippen molar-refractivity contribution in [3.05, 3.63) is 78.4 Å². The quantitative estimate of drug-likeness (QED) is 0.369. The molecule has 31 heavy (non-hydrogen) atoms. The van der Waals surface area contributed by atoms with Gasteiger partial charge >= 0.3 is 6.03 Å². The van der Waals surface area contributed by atoms with Crippen molar-refractivity contribution < 1.29 is 13.2 Å². The van der Waals surface area contributed by atoms with Gasteiger partial charge in [-0.2, -0.15) is 0 Å². The molecule has 0 radical (unpaired) electrons. The van der Waals surface area contributed by atoms with Gasteiger partial charge < -0.3 is 10.6 Å². The van der Waals surface area contributed by atoms with E-state index in [1.807, 2.05) is 24.3 Å². The molecule has 0 atom stereocenters. The number of sulfonamides is 1. The van der Waals surface area contributed by atoms with E-state index in [0.717, 1.165) is 11.1 Å². The lowest BCUT2D eigenvalue weighted by atomic mass is 10.1. The van der Waals surface area contributed by atoms with Gasteiger partial charge in [0.15, 0.2) is 5.13 Å². The fourth-order valence-electron chi connectivity index (χ4n) is 2.94. The van der Waals surface area contributed by atoms with Crippen molar-refractivity contribution in [3.8, 4) is 0 Å². The molecule has 0 saturated carbocycles. The zero-order valence-corrected chi connectivity index (χ0v) is 18.3. The Hall–Kier alpha value is -3.43. The number of nitrogens with one attached hydrogen (secondary N) is 3. The molecule has 0 aliphatic heterocycles. The summed E-state index contributed by atoms with van der Waals surface area (Å²) < 4.78 is 28.3. The monoisotopic (exact) mass is 452 g/mol. The van der Waals surface area contributed by atoms with E-state index in [4.69, 9.17) is 0 Å². The first-order chi connectivity index (χ1) is 14.9. The number of benzene rings is 3. The Labute approximate surface area is 184 Å². The van der Waals surface area contributed by atoms with Crippen LogP contribution in [0.5, 0.6) is 0 Å². The van der Waals surface area contributed by atoms with Gasteiger partial charge in [0, 0.05) is 11.4 Å². The van der Waals surface area contributed by atoms with Gasteiger partial charge in [-0.15, -0.1) is 0 Å². The number of carbonyl (C=O) groups is 1. The smallest absolute Gasteiger partial charge is 0.308 e. The molecule has 3 N–H and O–H groups in total. The molecular formula is C22H20N4O3S2. The predicted molar refractivity (Wildman–Crippen MR) is 125 cm³/mol. The maximum absolute atomic E-state index is 12.5. The highest BCUT2D eigenvalue weighted by Gasteiger charge is 2.16. The molecule has 1 aromatic heterocycles. The fraction of sp³-hybridized carbons (Fsp3) is 0.0909. The normalized spacial score (nSPS) is 11.3. The van der Waals surface area contributed by atoms with E-state index in [2.05, 4.69) is 27.3 Å². The Morgan fingerprint density at radius 3 is 2.32 bits per heavy atom. The van der Waals surface area contributed by atoms with Crippen LogP contribution < -0.4 is 15.4 Å². The summed E-state index contributed by atoms with van der Waals surface area (Å²) in [6, 6.07) is 20.6. The number of fused-ring (bicyclic) bond motifs is 1. The number of amides is 2. The molecule has 4 aromatic rings. The summed E-state index contributed by atoms with van der Waals surface area (Å²) in [4.78, 5) is 16.8. The third kappa shape index (κ3) is 5.01. The molecule has 0 spiro atoms. The zero-order chi connectivity index (χ0) is 21.8. The second kappa shape index (κ2) is 8.75. The lowest BCUT2D eigenvalue weighted by Gasteiger charge is -2.08. The largest absolute Gasteiger partial charge is 0.323 e.